The van der Waals surface area contributed by atoms with Gasteiger partial charge in [0.2, 0.25) is 15.9 Å². The van der Waals surface area contributed by atoms with Crippen LogP contribution in [-0.2, 0) is 24.4 Å². The molecule has 0 aromatic carbocycles. The molecule has 0 aromatic rings. The Morgan fingerprint density at radius 3 is 2.41 bits per heavy atom. The zero-order chi connectivity index (χ0) is 17.2. The van der Waals surface area contributed by atoms with Crippen molar-refractivity contribution in [2.45, 2.75) is 39.2 Å². The number of methoxy groups -OCH3 is 1. The van der Waals surface area contributed by atoms with E-state index in [-0.39, 0.29) is 24.5 Å². The summed E-state index contributed by atoms with van der Waals surface area (Å²) in [6.45, 7) is 8.47. The summed E-state index contributed by atoms with van der Waals surface area (Å²) >= 11 is 0. The first-order valence-corrected chi connectivity index (χ1v) is 9.31. The predicted octanol–water partition coefficient (Wildman–Crippen LogP) is 0.971. The predicted molar refractivity (Wildman–Crippen MR) is 85.4 cm³/mol. The Kier molecular flexibility index (Phi) is 10.6. The number of nitrogens with zero attached hydrogens (tertiary/aromatic N) is 1. The van der Waals surface area contributed by atoms with Crippen LogP contribution in [0.2, 0.25) is 0 Å². The fourth-order valence-electron chi connectivity index (χ4n) is 1.73. The number of ether oxygens (including phenoxy) is 1. The molecular weight excluding hydrogens is 308 g/mol. The van der Waals surface area contributed by atoms with E-state index in [4.69, 9.17) is 9.57 Å². The second-order valence-corrected chi connectivity index (χ2v) is 7.25. The van der Waals surface area contributed by atoms with E-state index in [2.05, 4.69) is 11.6 Å². The number of hydroxylamine groups is 2. The van der Waals surface area contributed by atoms with Crippen LogP contribution in [0.25, 0.3) is 0 Å². The van der Waals surface area contributed by atoms with Gasteiger partial charge in [0.1, 0.15) is 0 Å². The van der Waals surface area contributed by atoms with Crippen molar-refractivity contribution in [1.29, 1.82) is 0 Å². The minimum Gasteiger partial charge on any atom is -0.385 e. The molecule has 1 unspecified atom stereocenters. The van der Waals surface area contributed by atoms with Gasteiger partial charge in [0.25, 0.3) is 0 Å². The number of rotatable bonds is 12. The van der Waals surface area contributed by atoms with Crippen molar-refractivity contribution in [3.63, 3.8) is 0 Å². The third-order valence-electron chi connectivity index (χ3n) is 2.85. The van der Waals surface area contributed by atoms with Crippen molar-refractivity contribution in [2.75, 3.05) is 33.1 Å². The Hall–Kier alpha value is -0.700. The van der Waals surface area contributed by atoms with E-state index in [9.17, 15) is 13.2 Å². The molecule has 0 spiro atoms. The van der Waals surface area contributed by atoms with E-state index in [1.54, 1.807) is 21.0 Å². The molecule has 0 heterocycles. The molecule has 131 valence electrons. The Morgan fingerprint density at radius 2 is 1.95 bits per heavy atom. The molecule has 1 amide bonds. The van der Waals surface area contributed by atoms with E-state index in [1.165, 1.54) is 5.06 Å². The first-order valence-electron chi connectivity index (χ1n) is 7.42. The van der Waals surface area contributed by atoms with Crippen molar-refractivity contribution in [3.05, 3.63) is 6.92 Å². The molecule has 1 radical (unpaired) electrons. The molecule has 1 atom stereocenters. The van der Waals surface area contributed by atoms with Gasteiger partial charge in [0.05, 0.1) is 12.4 Å². The zero-order valence-electron chi connectivity index (χ0n) is 14.0. The number of sulfonamides is 1. The number of carbonyl (C=O) groups is 1. The fourth-order valence-corrected chi connectivity index (χ4v) is 2.22. The van der Waals surface area contributed by atoms with Gasteiger partial charge in [-0.2, -0.15) is 0 Å². The van der Waals surface area contributed by atoms with Gasteiger partial charge in [0.15, 0.2) is 0 Å². The van der Waals surface area contributed by atoms with Crippen molar-refractivity contribution in [2.24, 2.45) is 5.92 Å². The van der Waals surface area contributed by atoms with Gasteiger partial charge >= 0.3 is 0 Å². The minimum absolute atomic E-state index is 0.109. The lowest BCUT2D eigenvalue weighted by Crippen LogP contribution is -2.39. The molecule has 0 saturated carbocycles. The van der Waals surface area contributed by atoms with Gasteiger partial charge in [-0.05, 0) is 19.3 Å². The standard InChI is InChI=1S/C14H29N2O5S/c1-6-10-16(14(17)12(2)3)21-13(8-11-20-4)7-9-15-22(5,18)19/h12-13,15H,1,6-11H2,2-5H3. The lowest BCUT2D eigenvalue weighted by molar-refractivity contribution is -0.212. The van der Waals surface area contributed by atoms with Gasteiger partial charge in [-0.1, -0.05) is 20.8 Å². The summed E-state index contributed by atoms with van der Waals surface area (Å²) in [5, 5.41) is 1.33. The number of hydrogen-bond donors (Lipinski definition) is 1. The Labute approximate surface area is 134 Å². The van der Waals surface area contributed by atoms with Crippen LogP contribution in [0.1, 0.15) is 33.1 Å². The van der Waals surface area contributed by atoms with E-state index in [0.29, 0.717) is 32.4 Å². The molecule has 1 N–H and O–H groups in total. The third kappa shape index (κ3) is 10.1. The highest BCUT2D eigenvalue weighted by Gasteiger charge is 2.21. The summed E-state index contributed by atoms with van der Waals surface area (Å²) in [7, 11) is -1.65. The summed E-state index contributed by atoms with van der Waals surface area (Å²) in [5.74, 6) is -0.286. The summed E-state index contributed by atoms with van der Waals surface area (Å²) in [4.78, 5) is 17.9. The lowest BCUT2D eigenvalue weighted by Gasteiger charge is -2.28. The number of amides is 1. The molecule has 0 bridgehead atoms. The molecular formula is C14H29N2O5S. The molecule has 22 heavy (non-hydrogen) atoms. The maximum absolute atomic E-state index is 12.1. The van der Waals surface area contributed by atoms with Crippen LogP contribution in [0.15, 0.2) is 0 Å². The minimum atomic E-state index is -3.24. The highest BCUT2D eigenvalue weighted by Crippen LogP contribution is 2.11. The maximum atomic E-state index is 12.1. The second kappa shape index (κ2) is 10.9. The topological polar surface area (TPSA) is 84.9 Å². The van der Waals surface area contributed by atoms with Crippen LogP contribution < -0.4 is 4.72 Å². The molecule has 0 rings (SSSR count). The van der Waals surface area contributed by atoms with Crippen LogP contribution in [0.5, 0.6) is 0 Å². The summed E-state index contributed by atoms with van der Waals surface area (Å²) in [6.07, 6.45) is 2.37. The van der Waals surface area contributed by atoms with Gasteiger partial charge in [-0.25, -0.2) is 18.2 Å². The van der Waals surface area contributed by atoms with Crippen molar-refractivity contribution < 1.29 is 22.8 Å². The average molecular weight is 337 g/mol. The highest BCUT2D eigenvalue weighted by molar-refractivity contribution is 7.88. The SMILES string of the molecule is [CH2]CCN(OC(CCNS(C)(=O)=O)CCOC)C(=O)C(C)C. The first-order chi connectivity index (χ1) is 10.2. The van der Waals surface area contributed by atoms with Crippen LogP contribution in [0, 0.1) is 12.8 Å². The summed E-state index contributed by atoms with van der Waals surface area (Å²) in [5.41, 5.74) is 0. The third-order valence-corrected chi connectivity index (χ3v) is 3.58. The molecule has 0 aromatic heterocycles. The van der Waals surface area contributed by atoms with Gasteiger partial charge < -0.3 is 4.74 Å². The van der Waals surface area contributed by atoms with E-state index in [1.807, 2.05) is 0 Å². The van der Waals surface area contributed by atoms with Gasteiger partial charge in [-0.3, -0.25) is 9.63 Å². The smallest absolute Gasteiger partial charge is 0.248 e. The molecule has 0 aliphatic rings. The Balaban J connectivity index is 4.66. The molecule has 0 aliphatic carbocycles. The van der Waals surface area contributed by atoms with Crippen molar-refractivity contribution in [1.82, 2.24) is 9.79 Å². The van der Waals surface area contributed by atoms with E-state index >= 15 is 0 Å². The summed E-state index contributed by atoms with van der Waals surface area (Å²) in [6, 6.07) is 0. The van der Waals surface area contributed by atoms with Crippen LogP contribution in [-0.4, -0.2) is 58.6 Å². The number of carbonyl (C=O) groups excluding carboxylic acids is 1. The summed E-state index contributed by atoms with van der Waals surface area (Å²) < 4.78 is 29.7. The Bertz CT molecular complexity index is 411. The van der Waals surface area contributed by atoms with Crippen LogP contribution >= 0.6 is 0 Å². The molecule has 7 nitrogen and oxygen atoms in total. The van der Waals surface area contributed by atoms with Crippen LogP contribution in [0.3, 0.4) is 0 Å². The molecule has 0 fully saturated rings. The zero-order valence-corrected chi connectivity index (χ0v) is 14.8. The van der Waals surface area contributed by atoms with Crippen LogP contribution in [0.4, 0.5) is 0 Å². The Morgan fingerprint density at radius 1 is 1.32 bits per heavy atom. The van der Waals surface area contributed by atoms with Crippen molar-refractivity contribution >= 4 is 15.9 Å². The van der Waals surface area contributed by atoms with Crippen molar-refractivity contribution in [3.8, 4) is 0 Å². The second-order valence-electron chi connectivity index (χ2n) is 5.41. The normalized spacial score (nSPS) is 13.4. The fraction of sp³-hybridized carbons (Fsp3) is 0.857. The average Bonchev–Trinajstić information content (AvgIpc) is 2.41. The van der Waals surface area contributed by atoms with Gasteiger partial charge in [0, 0.05) is 32.7 Å². The maximum Gasteiger partial charge on any atom is 0.248 e. The van der Waals surface area contributed by atoms with E-state index in [0.717, 1.165) is 6.26 Å². The van der Waals surface area contributed by atoms with Gasteiger partial charge in [-0.15, -0.1) is 0 Å². The number of nitrogens with one attached hydrogen (secondary N) is 1. The van der Waals surface area contributed by atoms with E-state index < -0.39 is 10.0 Å². The lowest BCUT2D eigenvalue weighted by atomic mass is 10.2. The monoisotopic (exact) mass is 337 g/mol. The first kappa shape index (κ1) is 21.3. The molecule has 0 saturated heterocycles. The molecule has 8 heteroatoms. The largest absolute Gasteiger partial charge is 0.385 e. The number of hydrogen-bond acceptors (Lipinski definition) is 5. The molecule has 0 aliphatic heterocycles. The quantitative estimate of drug-likeness (QED) is 0.536. The highest BCUT2D eigenvalue weighted by atomic mass is 32.2.